The zero-order valence-electron chi connectivity index (χ0n) is 10.8. The lowest BCUT2D eigenvalue weighted by molar-refractivity contribution is -0.384. The zero-order valence-corrected chi connectivity index (χ0v) is 10.8. The van der Waals surface area contributed by atoms with Gasteiger partial charge in [0.1, 0.15) is 11.5 Å². The van der Waals surface area contributed by atoms with Crippen LogP contribution in [-0.2, 0) is 0 Å². The lowest BCUT2D eigenvalue weighted by atomic mass is 10.1. The predicted octanol–water partition coefficient (Wildman–Crippen LogP) is 2.90. The monoisotopic (exact) mass is 285 g/mol. The molecule has 0 atom stereocenters. The van der Waals surface area contributed by atoms with Crippen molar-refractivity contribution in [2.45, 2.75) is 0 Å². The number of nitro groups is 1. The molecule has 0 aliphatic heterocycles. The quantitative estimate of drug-likeness (QED) is 0.389. The van der Waals surface area contributed by atoms with E-state index in [1.54, 1.807) is 0 Å². The fourth-order valence-corrected chi connectivity index (χ4v) is 1.68. The molecule has 2 aromatic rings. The first-order valence-electron chi connectivity index (χ1n) is 5.96. The Bertz CT molecular complexity index is 719. The summed E-state index contributed by atoms with van der Waals surface area (Å²) in [5, 5.41) is 29.4. The summed E-state index contributed by atoms with van der Waals surface area (Å²) >= 11 is 0. The molecule has 0 unspecified atom stereocenters. The third-order valence-corrected chi connectivity index (χ3v) is 2.79. The van der Waals surface area contributed by atoms with Crippen molar-refractivity contribution in [3.63, 3.8) is 0 Å². The molecule has 0 amide bonds. The molecular weight excluding hydrogens is 274 g/mol. The van der Waals surface area contributed by atoms with Gasteiger partial charge in [-0.3, -0.25) is 14.9 Å². The molecule has 0 aliphatic carbocycles. The zero-order chi connectivity index (χ0) is 15.4. The highest BCUT2D eigenvalue weighted by atomic mass is 16.6. The lowest BCUT2D eigenvalue weighted by Gasteiger charge is -1.99. The van der Waals surface area contributed by atoms with Crippen LogP contribution in [0.5, 0.6) is 11.5 Å². The first-order chi connectivity index (χ1) is 9.97. The molecule has 0 heterocycles. The van der Waals surface area contributed by atoms with E-state index in [0.29, 0.717) is 5.56 Å². The smallest absolute Gasteiger partial charge is 0.270 e. The number of allylic oxidation sites excluding steroid dienone is 1. The normalized spacial score (nSPS) is 10.7. The van der Waals surface area contributed by atoms with Crippen LogP contribution >= 0.6 is 0 Å². The van der Waals surface area contributed by atoms with E-state index < -0.39 is 4.92 Å². The molecule has 0 aliphatic rings. The molecule has 2 rings (SSSR count). The van der Waals surface area contributed by atoms with Crippen LogP contribution < -0.4 is 0 Å². The van der Waals surface area contributed by atoms with Gasteiger partial charge in [0.25, 0.3) is 5.69 Å². The number of hydrogen-bond acceptors (Lipinski definition) is 5. The van der Waals surface area contributed by atoms with E-state index in [2.05, 4.69) is 0 Å². The van der Waals surface area contributed by atoms with Gasteiger partial charge >= 0.3 is 0 Å². The molecule has 0 fully saturated rings. The molecule has 0 saturated heterocycles. The van der Waals surface area contributed by atoms with Crippen molar-refractivity contribution in [3.05, 3.63) is 69.8 Å². The van der Waals surface area contributed by atoms with Gasteiger partial charge in [-0.15, -0.1) is 0 Å². The number of nitro benzene ring substituents is 1. The largest absolute Gasteiger partial charge is 0.508 e. The summed E-state index contributed by atoms with van der Waals surface area (Å²) in [7, 11) is 0. The lowest BCUT2D eigenvalue weighted by Crippen LogP contribution is -1.93. The van der Waals surface area contributed by atoms with Crippen molar-refractivity contribution >= 4 is 17.5 Å². The van der Waals surface area contributed by atoms with Crippen LogP contribution in [0.2, 0.25) is 0 Å². The molecule has 0 bridgehead atoms. The number of aromatic hydroxyl groups is 2. The van der Waals surface area contributed by atoms with E-state index in [1.165, 1.54) is 54.6 Å². The summed E-state index contributed by atoms with van der Waals surface area (Å²) < 4.78 is 0. The summed E-state index contributed by atoms with van der Waals surface area (Å²) in [5.74, 6) is -0.455. The number of nitrogens with zero attached hydrogens (tertiary/aromatic N) is 1. The fourth-order valence-electron chi connectivity index (χ4n) is 1.68. The van der Waals surface area contributed by atoms with Gasteiger partial charge in [0.2, 0.25) is 0 Å². The van der Waals surface area contributed by atoms with Gasteiger partial charge in [0.15, 0.2) is 5.78 Å². The highest BCUT2D eigenvalue weighted by molar-refractivity contribution is 6.07. The van der Waals surface area contributed by atoms with Crippen LogP contribution in [0, 0.1) is 10.1 Å². The first-order valence-corrected chi connectivity index (χ1v) is 5.96. The number of benzene rings is 2. The molecule has 0 aromatic heterocycles. The summed E-state index contributed by atoms with van der Waals surface area (Å²) in [6.07, 6.45) is 2.50. The topological polar surface area (TPSA) is 101 Å². The Kier molecular flexibility index (Phi) is 3.99. The number of carbonyl (C=O) groups excluding carboxylic acids is 1. The highest BCUT2D eigenvalue weighted by Crippen LogP contribution is 2.24. The minimum Gasteiger partial charge on any atom is -0.508 e. The molecule has 0 saturated carbocycles. The molecule has 2 aromatic carbocycles. The summed E-state index contributed by atoms with van der Waals surface area (Å²) in [5.41, 5.74) is 0.356. The number of non-ortho nitro benzene ring substituents is 1. The second-order valence-electron chi connectivity index (χ2n) is 4.24. The minimum absolute atomic E-state index is 0.0480. The average molecular weight is 285 g/mol. The fraction of sp³-hybridized carbons (Fsp3) is 0. The van der Waals surface area contributed by atoms with Gasteiger partial charge in [0, 0.05) is 23.3 Å². The Morgan fingerprint density at radius 2 is 1.76 bits per heavy atom. The van der Waals surface area contributed by atoms with Crippen LogP contribution in [-0.4, -0.2) is 20.9 Å². The Labute approximate surface area is 119 Å². The summed E-state index contributed by atoms with van der Waals surface area (Å²) in [6.45, 7) is 0. The van der Waals surface area contributed by atoms with Gasteiger partial charge in [-0.2, -0.15) is 0 Å². The van der Waals surface area contributed by atoms with E-state index in [0.717, 1.165) is 0 Å². The van der Waals surface area contributed by atoms with Crippen molar-refractivity contribution in [2.75, 3.05) is 0 Å². The van der Waals surface area contributed by atoms with Crippen LogP contribution in [0.1, 0.15) is 15.9 Å². The maximum absolute atomic E-state index is 11.9. The van der Waals surface area contributed by atoms with Crippen LogP contribution in [0.3, 0.4) is 0 Å². The molecular formula is C15H11NO5. The van der Waals surface area contributed by atoms with Crippen molar-refractivity contribution < 1.29 is 19.9 Å². The van der Waals surface area contributed by atoms with Crippen molar-refractivity contribution in [3.8, 4) is 11.5 Å². The van der Waals surface area contributed by atoms with Crippen LogP contribution in [0.25, 0.3) is 6.08 Å². The van der Waals surface area contributed by atoms with Gasteiger partial charge in [0.05, 0.1) is 4.92 Å². The second kappa shape index (κ2) is 5.87. The summed E-state index contributed by atoms with van der Waals surface area (Å²) in [4.78, 5) is 22.0. The SMILES string of the molecule is O=C(/C=C/c1cc([N+](=O)[O-])ccc1O)c1ccc(O)cc1. The van der Waals surface area contributed by atoms with Crippen LogP contribution in [0.4, 0.5) is 5.69 Å². The van der Waals surface area contributed by atoms with Gasteiger partial charge in [-0.1, -0.05) is 0 Å². The van der Waals surface area contributed by atoms with Gasteiger partial charge in [-0.25, -0.2) is 0 Å². The van der Waals surface area contributed by atoms with E-state index >= 15 is 0 Å². The number of carbonyl (C=O) groups is 1. The van der Waals surface area contributed by atoms with Crippen molar-refractivity contribution in [1.29, 1.82) is 0 Å². The second-order valence-corrected chi connectivity index (χ2v) is 4.24. The van der Waals surface area contributed by atoms with E-state index in [9.17, 15) is 20.0 Å². The number of hydrogen-bond donors (Lipinski definition) is 2. The maximum atomic E-state index is 11.9. The summed E-state index contributed by atoms with van der Waals surface area (Å²) in [6, 6.07) is 9.22. The molecule has 21 heavy (non-hydrogen) atoms. The Balaban J connectivity index is 2.24. The average Bonchev–Trinajstić information content (AvgIpc) is 2.46. The molecule has 2 N–H and O–H groups in total. The molecule has 0 spiro atoms. The molecule has 6 heteroatoms. The van der Waals surface area contributed by atoms with E-state index in [1.807, 2.05) is 0 Å². The van der Waals surface area contributed by atoms with Crippen LogP contribution in [0.15, 0.2) is 48.5 Å². The minimum atomic E-state index is -0.585. The maximum Gasteiger partial charge on any atom is 0.270 e. The first kappa shape index (κ1) is 14.3. The number of rotatable bonds is 4. The Morgan fingerprint density at radius 3 is 2.38 bits per heavy atom. The van der Waals surface area contributed by atoms with Crippen molar-refractivity contribution in [1.82, 2.24) is 0 Å². The number of phenols is 2. The molecule has 106 valence electrons. The Morgan fingerprint density at radius 1 is 1.10 bits per heavy atom. The highest BCUT2D eigenvalue weighted by Gasteiger charge is 2.09. The van der Waals surface area contributed by atoms with E-state index in [4.69, 9.17) is 5.11 Å². The molecule has 0 radical (unpaired) electrons. The van der Waals surface area contributed by atoms with Gasteiger partial charge < -0.3 is 10.2 Å². The Hall–Kier alpha value is -3.15. The number of ketones is 1. The standard InChI is InChI=1S/C15H11NO5/c17-13-5-1-10(2-6-13)14(18)7-3-11-9-12(16(20)21)4-8-15(11)19/h1-9,17,19H/b7-3+. The number of phenolic OH excluding ortho intramolecular Hbond substituents is 2. The third kappa shape index (κ3) is 3.44. The molecule has 6 nitrogen and oxygen atoms in total. The van der Waals surface area contributed by atoms with Gasteiger partial charge in [-0.05, 0) is 42.5 Å². The van der Waals surface area contributed by atoms with E-state index in [-0.39, 0.29) is 28.5 Å². The predicted molar refractivity (Wildman–Crippen MR) is 76.2 cm³/mol. The third-order valence-electron chi connectivity index (χ3n) is 2.79. The van der Waals surface area contributed by atoms with Crippen molar-refractivity contribution in [2.24, 2.45) is 0 Å².